The highest BCUT2D eigenvalue weighted by Crippen LogP contribution is 2.48. The second kappa shape index (κ2) is 6.38. The van der Waals surface area contributed by atoms with Gasteiger partial charge in [0.25, 0.3) is 0 Å². The van der Waals surface area contributed by atoms with Crippen molar-refractivity contribution in [1.82, 2.24) is 10.3 Å². The van der Waals surface area contributed by atoms with Crippen LogP contribution >= 0.6 is 0 Å². The van der Waals surface area contributed by atoms with Crippen LogP contribution in [0.3, 0.4) is 0 Å². The molecule has 0 amide bonds. The molecule has 3 heterocycles. The number of aliphatic hydroxyl groups excluding tert-OH is 1. The molecular weight excluding hydrogens is 340 g/mol. The number of benzene rings is 1. The van der Waals surface area contributed by atoms with Crippen molar-refractivity contribution in [2.45, 2.75) is 58.7 Å². The fourth-order valence-electron chi connectivity index (χ4n) is 4.90. The molecule has 148 valence electrons. The average Bonchev–Trinajstić information content (AvgIpc) is 2.61. The monoisotopic (exact) mass is 372 g/mol. The van der Waals surface area contributed by atoms with Crippen LogP contribution in [-0.2, 0) is 0 Å². The number of fused-ring (bicyclic) bond motifs is 3. The Hall–Kier alpha value is -1.79. The van der Waals surface area contributed by atoms with Crippen LogP contribution in [0.2, 0.25) is 0 Å². The van der Waals surface area contributed by atoms with Crippen molar-refractivity contribution in [3.63, 3.8) is 0 Å². The van der Waals surface area contributed by atoms with Crippen molar-refractivity contribution in [2.75, 3.05) is 31.6 Å². The van der Waals surface area contributed by atoms with Gasteiger partial charge in [0.15, 0.2) is 12.1 Å². The first kappa shape index (κ1) is 18.6. The second-order valence-electron chi connectivity index (χ2n) is 9.15. The van der Waals surface area contributed by atoms with Crippen molar-refractivity contribution in [2.24, 2.45) is 10.5 Å². The summed E-state index contributed by atoms with van der Waals surface area (Å²) >= 11 is 0. The predicted octanol–water partition coefficient (Wildman–Crippen LogP) is 2.69. The maximum atomic E-state index is 10.3. The summed E-state index contributed by atoms with van der Waals surface area (Å²) in [5.41, 5.74) is 6.86. The Labute approximate surface area is 162 Å². The predicted molar refractivity (Wildman–Crippen MR) is 109 cm³/mol. The van der Waals surface area contributed by atoms with E-state index in [4.69, 9.17) is 4.74 Å². The summed E-state index contributed by atoms with van der Waals surface area (Å²) in [5.74, 6) is 2.59. The summed E-state index contributed by atoms with van der Waals surface area (Å²) < 4.78 is 6.04. The maximum absolute atomic E-state index is 10.3. The summed E-state index contributed by atoms with van der Waals surface area (Å²) in [7, 11) is 2.19. The van der Waals surface area contributed by atoms with Gasteiger partial charge < -0.3 is 19.6 Å². The number of nitrogens with one attached hydrogen (secondary N) is 1. The van der Waals surface area contributed by atoms with Crippen LogP contribution in [0.4, 0.5) is 5.69 Å². The molecule has 3 aliphatic rings. The van der Waals surface area contributed by atoms with Crippen LogP contribution < -0.4 is 15.1 Å². The number of anilines is 1. The minimum atomic E-state index is -0.692. The van der Waals surface area contributed by atoms with E-state index in [1.807, 2.05) is 6.92 Å². The summed E-state index contributed by atoms with van der Waals surface area (Å²) in [4.78, 5) is 4.52. The Bertz CT molecular complexity index is 770. The summed E-state index contributed by atoms with van der Waals surface area (Å²) in [5, 5.41) is 14.6. The molecule has 0 aromatic heterocycles. The molecule has 1 aromatic carbocycles. The molecule has 0 saturated carbocycles. The highest BCUT2D eigenvalue weighted by atomic mass is 16.5. The molecule has 6 nitrogen and oxygen atoms in total. The zero-order valence-electron chi connectivity index (χ0n) is 17.3. The Morgan fingerprint density at radius 1 is 1.26 bits per heavy atom. The molecule has 4 rings (SSSR count). The van der Waals surface area contributed by atoms with Gasteiger partial charge in [0.1, 0.15) is 12.4 Å². The molecule has 3 aliphatic heterocycles. The zero-order valence-corrected chi connectivity index (χ0v) is 17.3. The Kier molecular flexibility index (Phi) is 4.39. The van der Waals surface area contributed by atoms with Crippen molar-refractivity contribution >= 4 is 11.5 Å². The van der Waals surface area contributed by atoms with E-state index in [0.29, 0.717) is 18.4 Å². The minimum Gasteiger partial charge on any atom is -0.483 e. The summed E-state index contributed by atoms with van der Waals surface area (Å²) in [6.45, 7) is 13.9. The largest absolute Gasteiger partial charge is 0.483 e. The normalized spacial score (nSPS) is 27.7. The van der Waals surface area contributed by atoms with Gasteiger partial charge in [-0.3, -0.25) is 5.43 Å². The van der Waals surface area contributed by atoms with Gasteiger partial charge in [-0.2, -0.15) is 5.10 Å². The first-order valence-corrected chi connectivity index (χ1v) is 10.00. The Balaban J connectivity index is 1.81. The van der Waals surface area contributed by atoms with Crippen molar-refractivity contribution in [3.8, 4) is 5.75 Å². The first-order chi connectivity index (χ1) is 12.7. The number of nitrogens with zero attached hydrogens (tertiary/aromatic N) is 3. The van der Waals surface area contributed by atoms with E-state index < -0.39 is 6.23 Å². The lowest BCUT2D eigenvalue weighted by Crippen LogP contribution is -2.57. The third kappa shape index (κ3) is 2.90. The van der Waals surface area contributed by atoms with E-state index in [0.717, 1.165) is 30.4 Å². The van der Waals surface area contributed by atoms with Gasteiger partial charge in [-0.05, 0) is 54.5 Å². The van der Waals surface area contributed by atoms with Crippen molar-refractivity contribution in [3.05, 3.63) is 23.3 Å². The number of ether oxygens (including phenoxy) is 1. The highest BCUT2D eigenvalue weighted by molar-refractivity contribution is 6.02. The number of hydrazone groups is 1. The van der Waals surface area contributed by atoms with Crippen LogP contribution in [0.1, 0.15) is 57.6 Å². The van der Waals surface area contributed by atoms with E-state index >= 15 is 0 Å². The number of likely N-dealkylation sites (tertiary alicyclic amines) is 1. The molecule has 0 radical (unpaired) electrons. The number of amidine groups is 1. The SMILES string of the molecule is CC(C)c1cc2c(cc1[C@@H](C)C1(C)CN(C)C1)N1C(=NNC(O)[C@H]1C)CO2. The van der Waals surface area contributed by atoms with Gasteiger partial charge >= 0.3 is 0 Å². The van der Waals surface area contributed by atoms with Crippen LogP contribution in [0.25, 0.3) is 0 Å². The molecule has 27 heavy (non-hydrogen) atoms. The molecule has 2 N–H and O–H groups in total. The fraction of sp³-hybridized carbons (Fsp3) is 0.667. The lowest BCUT2D eigenvalue weighted by atomic mass is 9.67. The van der Waals surface area contributed by atoms with E-state index in [1.165, 1.54) is 11.1 Å². The molecule has 0 aliphatic carbocycles. The highest BCUT2D eigenvalue weighted by Gasteiger charge is 2.43. The van der Waals surface area contributed by atoms with Gasteiger partial charge in [-0.15, -0.1) is 0 Å². The quantitative estimate of drug-likeness (QED) is 0.854. The second-order valence-corrected chi connectivity index (χ2v) is 9.15. The van der Waals surface area contributed by atoms with E-state index in [-0.39, 0.29) is 11.5 Å². The van der Waals surface area contributed by atoms with E-state index in [1.54, 1.807) is 0 Å². The molecule has 3 atom stereocenters. The molecule has 0 bridgehead atoms. The third-order valence-electron chi connectivity index (χ3n) is 6.65. The fourth-order valence-corrected chi connectivity index (χ4v) is 4.90. The van der Waals surface area contributed by atoms with Crippen LogP contribution in [0.15, 0.2) is 17.2 Å². The molecular formula is C21H32N4O2. The number of hydrogen-bond donors (Lipinski definition) is 2. The van der Waals surface area contributed by atoms with Gasteiger partial charge in [0, 0.05) is 13.1 Å². The Morgan fingerprint density at radius 2 is 1.96 bits per heavy atom. The summed E-state index contributed by atoms with van der Waals surface area (Å²) in [6, 6.07) is 4.41. The molecule has 6 heteroatoms. The van der Waals surface area contributed by atoms with Gasteiger partial charge in [-0.1, -0.05) is 27.7 Å². The van der Waals surface area contributed by atoms with Gasteiger partial charge in [-0.25, -0.2) is 0 Å². The Morgan fingerprint density at radius 3 is 2.59 bits per heavy atom. The topological polar surface area (TPSA) is 60.3 Å². The van der Waals surface area contributed by atoms with E-state index in [9.17, 15) is 5.11 Å². The summed E-state index contributed by atoms with van der Waals surface area (Å²) in [6.07, 6.45) is -0.692. The zero-order chi connectivity index (χ0) is 19.5. The molecule has 1 unspecified atom stereocenters. The lowest BCUT2D eigenvalue weighted by Gasteiger charge is -2.51. The molecule has 0 spiro atoms. The lowest BCUT2D eigenvalue weighted by molar-refractivity contribution is 0.0186. The number of aliphatic hydroxyl groups is 1. The minimum absolute atomic E-state index is 0.0985. The van der Waals surface area contributed by atoms with Crippen molar-refractivity contribution < 1.29 is 9.84 Å². The van der Waals surface area contributed by atoms with Crippen LogP contribution in [0, 0.1) is 5.41 Å². The van der Waals surface area contributed by atoms with Crippen LogP contribution in [-0.4, -0.2) is 54.9 Å². The van der Waals surface area contributed by atoms with Gasteiger partial charge in [0.2, 0.25) is 0 Å². The first-order valence-electron chi connectivity index (χ1n) is 10.00. The third-order valence-corrected chi connectivity index (χ3v) is 6.65. The van der Waals surface area contributed by atoms with E-state index in [2.05, 4.69) is 67.2 Å². The average molecular weight is 373 g/mol. The molecule has 1 fully saturated rings. The number of hydrogen-bond acceptors (Lipinski definition) is 6. The smallest absolute Gasteiger partial charge is 0.167 e. The van der Waals surface area contributed by atoms with Crippen molar-refractivity contribution in [1.29, 1.82) is 0 Å². The van der Waals surface area contributed by atoms with Crippen LogP contribution in [0.5, 0.6) is 5.75 Å². The standard InChI is InChI=1S/C21H32N4O2/c1-12(2)15-8-18-17(7-16(15)13(3)21(5)10-24(6)11-21)25-14(4)20(26)23-22-19(25)9-27-18/h7-8,12-14,20,23,26H,9-11H2,1-6H3/t13-,14-,20?/m1/s1. The van der Waals surface area contributed by atoms with Gasteiger partial charge in [0.05, 0.1) is 11.7 Å². The molecule has 1 aromatic rings. The number of rotatable bonds is 3. The maximum Gasteiger partial charge on any atom is 0.167 e. The molecule has 1 saturated heterocycles.